The van der Waals surface area contributed by atoms with Crippen LogP contribution < -0.4 is 15.2 Å². The Balaban J connectivity index is 1.28. The third kappa shape index (κ3) is 5.32. The average Bonchev–Trinajstić information content (AvgIpc) is 2.99. The highest BCUT2D eigenvalue weighted by molar-refractivity contribution is 6.38. The first-order chi connectivity index (χ1) is 19.5. The fraction of sp³-hybridized carbons (Fsp3) is 0.375. The molecule has 0 unspecified atom stereocenters. The van der Waals surface area contributed by atoms with Gasteiger partial charge in [0.15, 0.2) is 5.43 Å². The summed E-state index contributed by atoms with van der Waals surface area (Å²) in [5.74, 6) is 0.439. The topological polar surface area (TPSA) is 44.6 Å². The molecule has 0 atom stereocenters. The van der Waals surface area contributed by atoms with Gasteiger partial charge in [-0.25, -0.2) is 9.37 Å². The van der Waals surface area contributed by atoms with Crippen molar-refractivity contribution >= 4 is 34.0 Å². The first-order valence-corrected chi connectivity index (χ1v) is 14.6. The fourth-order valence-corrected chi connectivity index (χ4v) is 6.64. The Labute approximate surface area is 239 Å². The zero-order chi connectivity index (χ0) is 27.6. The number of piperazine rings is 1. The van der Waals surface area contributed by atoms with Crippen molar-refractivity contribution in [2.45, 2.75) is 44.7 Å². The summed E-state index contributed by atoms with van der Waals surface area (Å²) in [6.45, 7) is 3.49. The molecular weight excluding hydrogens is 525 g/mol. The van der Waals surface area contributed by atoms with Gasteiger partial charge in [0, 0.05) is 62.9 Å². The lowest BCUT2D eigenvalue weighted by molar-refractivity contribution is 0.184. The summed E-state index contributed by atoms with van der Waals surface area (Å²) in [5.41, 5.74) is 2.76. The number of aromatic nitrogens is 2. The number of hydrogen-bond acceptors (Lipinski definition) is 5. The molecule has 3 heterocycles. The summed E-state index contributed by atoms with van der Waals surface area (Å²) in [4.78, 5) is 23.9. The summed E-state index contributed by atoms with van der Waals surface area (Å²) in [5, 5.41) is 0.544. The minimum atomic E-state index is -0.472. The van der Waals surface area contributed by atoms with Crippen molar-refractivity contribution in [3.05, 3.63) is 93.6 Å². The molecule has 4 aromatic rings. The second kappa shape index (κ2) is 11.6. The maximum atomic E-state index is 15.5. The molecule has 6 rings (SSSR count). The van der Waals surface area contributed by atoms with E-state index < -0.39 is 5.82 Å². The molecular formula is C32H35ClFN5O. The van der Waals surface area contributed by atoms with Gasteiger partial charge in [-0.1, -0.05) is 49.1 Å². The van der Waals surface area contributed by atoms with Crippen LogP contribution in [0.1, 0.15) is 37.7 Å². The Morgan fingerprint density at radius 1 is 0.975 bits per heavy atom. The van der Waals surface area contributed by atoms with Gasteiger partial charge in [-0.3, -0.25) is 9.69 Å². The maximum absolute atomic E-state index is 15.5. The van der Waals surface area contributed by atoms with Crippen molar-refractivity contribution in [3.8, 4) is 5.69 Å². The highest BCUT2D eigenvalue weighted by Gasteiger charge is 2.25. The summed E-state index contributed by atoms with van der Waals surface area (Å²) in [6, 6.07) is 17.7. The molecule has 1 saturated carbocycles. The number of halogens is 2. The second-order valence-corrected chi connectivity index (χ2v) is 11.4. The number of benzene rings is 2. The molecule has 0 radical (unpaired) electrons. The number of fused-ring (bicyclic) bond motifs is 1. The van der Waals surface area contributed by atoms with Gasteiger partial charge in [-0.05, 0) is 55.8 Å². The third-order valence-electron chi connectivity index (χ3n) is 8.46. The zero-order valence-corrected chi connectivity index (χ0v) is 23.7. The number of nitrogens with zero attached hydrogens (tertiary/aromatic N) is 5. The standard InChI is InChI=1S/C32H35ClFN5O/c1-36(24-7-3-2-4-8-24)22-23-10-12-25(13-11-23)39-16-14-28(40)26-21-27(34)32(30(33)31(26)39)38-19-17-37(18-20-38)29-9-5-6-15-35-29/h5-6,9-16,21,24H,2-4,7-8,17-20,22H2,1H3. The number of rotatable bonds is 6. The molecule has 0 bridgehead atoms. The Morgan fingerprint density at radius 2 is 1.70 bits per heavy atom. The van der Waals surface area contributed by atoms with E-state index in [1.807, 2.05) is 27.7 Å². The molecule has 1 saturated heterocycles. The van der Waals surface area contributed by atoms with Crippen LogP contribution in [0.4, 0.5) is 15.9 Å². The smallest absolute Gasteiger partial charge is 0.189 e. The largest absolute Gasteiger partial charge is 0.364 e. The minimum Gasteiger partial charge on any atom is -0.364 e. The van der Waals surface area contributed by atoms with Crippen molar-refractivity contribution in [1.82, 2.24) is 14.5 Å². The van der Waals surface area contributed by atoms with Crippen LogP contribution in [0.25, 0.3) is 16.6 Å². The van der Waals surface area contributed by atoms with Gasteiger partial charge in [0.05, 0.1) is 21.6 Å². The Kier molecular flexibility index (Phi) is 7.76. The monoisotopic (exact) mass is 559 g/mol. The highest BCUT2D eigenvalue weighted by Crippen LogP contribution is 2.37. The molecule has 8 heteroatoms. The molecule has 2 aromatic heterocycles. The fourth-order valence-electron chi connectivity index (χ4n) is 6.23. The first-order valence-electron chi connectivity index (χ1n) is 14.2. The van der Waals surface area contributed by atoms with Gasteiger partial charge in [-0.15, -0.1) is 0 Å². The van der Waals surface area contributed by atoms with E-state index in [0.717, 1.165) is 18.1 Å². The molecule has 0 N–H and O–H groups in total. The summed E-state index contributed by atoms with van der Waals surface area (Å²) >= 11 is 6.97. The average molecular weight is 560 g/mol. The molecule has 208 valence electrons. The van der Waals surface area contributed by atoms with E-state index in [2.05, 4.69) is 46.1 Å². The van der Waals surface area contributed by atoms with Crippen molar-refractivity contribution in [1.29, 1.82) is 0 Å². The maximum Gasteiger partial charge on any atom is 0.189 e. The number of anilines is 2. The predicted octanol–water partition coefficient (Wildman–Crippen LogP) is 6.27. The quantitative estimate of drug-likeness (QED) is 0.279. The lowest BCUT2D eigenvalue weighted by Gasteiger charge is -2.37. The summed E-state index contributed by atoms with van der Waals surface area (Å²) in [6.07, 6.45) is 10.0. The van der Waals surface area contributed by atoms with Crippen LogP contribution in [0.3, 0.4) is 0 Å². The molecule has 0 spiro atoms. The molecule has 40 heavy (non-hydrogen) atoms. The lowest BCUT2D eigenvalue weighted by atomic mass is 9.94. The molecule has 6 nitrogen and oxygen atoms in total. The van der Waals surface area contributed by atoms with E-state index in [0.29, 0.717) is 43.4 Å². The summed E-state index contributed by atoms with van der Waals surface area (Å²) in [7, 11) is 2.21. The third-order valence-corrected chi connectivity index (χ3v) is 8.82. The number of pyridine rings is 2. The number of hydrogen-bond donors (Lipinski definition) is 0. The van der Waals surface area contributed by atoms with Crippen LogP contribution in [-0.2, 0) is 6.54 Å². The van der Waals surface area contributed by atoms with Crippen LogP contribution in [0, 0.1) is 5.82 Å². The van der Waals surface area contributed by atoms with Crippen molar-refractivity contribution < 1.29 is 4.39 Å². The zero-order valence-electron chi connectivity index (χ0n) is 22.9. The van der Waals surface area contributed by atoms with Gasteiger partial charge in [0.2, 0.25) is 0 Å². The van der Waals surface area contributed by atoms with E-state index >= 15 is 4.39 Å². The second-order valence-electron chi connectivity index (χ2n) is 11.0. The molecule has 2 fully saturated rings. The molecule has 1 aliphatic carbocycles. The normalized spacial score (nSPS) is 16.7. The van der Waals surface area contributed by atoms with E-state index in [1.54, 1.807) is 12.4 Å². The van der Waals surface area contributed by atoms with E-state index in [-0.39, 0.29) is 15.8 Å². The van der Waals surface area contributed by atoms with Crippen molar-refractivity contribution in [2.24, 2.45) is 0 Å². The highest BCUT2D eigenvalue weighted by atomic mass is 35.5. The molecule has 2 aromatic carbocycles. The summed E-state index contributed by atoms with van der Waals surface area (Å²) < 4.78 is 17.4. The van der Waals surface area contributed by atoms with Crippen LogP contribution in [0.5, 0.6) is 0 Å². The van der Waals surface area contributed by atoms with Crippen LogP contribution in [0.2, 0.25) is 5.02 Å². The van der Waals surface area contributed by atoms with Crippen molar-refractivity contribution in [2.75, 3.05) is 43.0 Å². The van der Waals surface area contributed by atoms with E-state index in [4.69, 9.17) is 11.6 Å². The molecule has 2 aliphatic rings. The molecule has 1 aliphatic heterocycles. The van der Waals surface area contributed by atoms with Crippen LogP contribution in [-0.4, -0.2) is 53.7 Å². The molecule has 0 amide bonds. The van der Waals surface area contributed by atoms with Crippen molar-refractivity contribution in [3.63, 3.8) is 0 Å². The van der Waals surface area contributed by atoms with Crippen LogP contribution in [0.15, 0.2) is 71.8 Å². The minimum absolute atomic E-state index is 0.246. The SMILES string of the molecule is CN(Cc1ccc(-n2ccc(=O)c3cc(F)c(N4CCN(c5ccccn5)CC4)c(Cl)c32)cc1)C1CCCCC1. The van der Waals surface area contributed by atoms with Gasteiger partial charge in [0.25, 0.3) is 0 Å². The Hall–Kier alpha value is -3.42. The van der Waals surface area contributed by atoms with Gasteiger partial charge in [-0.2, -0.15) is 0 Å². The lowest BCUT2D eigenvalue weighted by Crippen LogP contribution is -2.47. The van der Waals surface area contributed by atoms with Gasteiger partial charge >= 0.3 is 0 Å². The van der Waals surface area contributed by atoms with E-state index in [1.165, 1.54) is 49.8 Å². The van der Waals surface area contributed by atoms with E-state index in [9.17, 15) is 4.79 Å². The Bertz CT molecular complexity index is 1530. The Morgan fingerprint density at radius 3 is 2.40 bits per heavy atom. The van der Waals surface area contributed by atoms with Crippen LogP contribution >= 0.6 is 11.6 Å². The first kappa shape index (κ1) is 26.8. The van der Waals surface area contributed by atoms with Gasteiger partial charge in [0.1, 0.15) is 11.6 Å². The van der Waals surface area contributed by atoms with Gasteiger partial charge < -0.3 is 14.4 Å². The predicted molar refractivity (Wildman–Crippen MR) is 162 cm³/mol.